The molecule has 0 saturated carbocycles. The lowest BCUT2D eigenvalue weighted by molar-refractivity contribution is -0.0469. The lowest BCUT2D eigenvalue weighted by Gasteiger charge is -2.17. The molecule has 0 bridgehead atoms. The average molecular weight is 351 g/mol. The molecule has 0 aliphatic carbocycles. The van der Waals surface area contributed by atoms with Crippen molar-refractivity contribution >= 4 is 15.7 Å². The average Bonchev–Trinajstić information content (AvgIpc) is 3.27. The van der Waals surface area contributed by atoms with Crippen LogP contribution < -0.4 is 0 Å². The molecular weight excluding hydrogens is 324 g/mol. The molecule has 3 rings (SSSR count). The van der Waals surface area contributed by atoms with Crippen LogP contribution in [0.15, 0.2) is 6.20 Å². The summed E-state index contributed by atoms with van der Waals surface area (Å²) in [4.78, 5) is 0. The van der Waals surface area contributed by atoms with E-state index in [-0.39, 0.29) is 36.4 Å². The van der Waals surface area contributed by atoms with Crippen LogP contribution in [0.2, 0.25) is 0 Å². The van der Waals surface area contributed by atoms with Gasteiger partial charge in [0, 0.05) is 26.2 Å². The minimum Gasteiger partial charge on any atom is -0.382 e. The van der Waals surface area contributed by atoms with Crippen LogP contribution in [-0.4, -0.2) is 88.4 Å². The van der Waals surface area contributed by atoms with Crippen LogP contribution in [0.25, 0.3) is 0 Å². The number of methoxy groups -OCH3 is 2. The number of aromatic nitrogens is 3. The van der Waals surface area contributed by atoms with Gasteiger partial charge in [0.05, 0.1) is 38.2 Å². The maximum Gasteiger partial charge on any atom is 0.139 e. The van der Waals surface area contributed by atoms with E-state index in [4.69, 9.17) is 23.7 Å². The molecule has 1 aromatic rings. The normalized spacial score (nSPS) is 35.4. The summed E-state index contributed by atoms with van der Waals surface area (Å²) in [5.74, 6) is 0. The lowest BCUT2D eigenvalue weighted by Crippen LogP contribution is -2.28. The van der Waals surface area contributed by atoms with Gasteiger partial charge in [-0.05, 0) is 12.8 Å². The maximum atomic E-state index is 5.89. The number of nitrogens with zero attached hydrogens (tertiary/aromatic N) is 3. The monoisotopic (exact) mass is 351 g/mol. The molecule has 0 amide bonds. The molecule has 25 heavy (non-hydrogen) atoms. The van der Waals surface area contributed by atoms with E-state index in [1.165, 1.54) is 0 Å². The Balaban J connectivity index is 1.50. The second-order valence-electron chi connectivity index (χ2n) is 6.94. The third-order valence-corrected chi connectivity index (χ3v) is 4.86. The predicted molar refractivity (Wildman–Crippen MR) is 95.0 cm³/mol. The first-order valence-electron chi connectivity index (χ1n) is 8.91. The molecule has 2 fully saturated rings. The zero-order chi connectivity index (χ0) is 17.8. The summed E-state index contributed by atoms with van der Waals surface area (Å²) >= 11 is 0. The Morgan fingerprint density at radius 1 is 1.16 bits per heavy atom. The van der Waals surface area contributed by atoms with E-state index < -0.39 is 0 Å². The molecule has 2 aliphatic heterocycles. The summed E-state index contributed by atoms with van der Waals surface area (Å²) in [5.41, 5.74) is 0.802. The van der Waals surface area contributed by atoms with E-state index in [1.54, 1.807) is 14.2 Å². The van der Waals surface area contributed by atoms with E-state index in [9.17, 15) is 0 Å². The van der Waals surface area contributed by atoms with Crippen LogP contribution in [0.3, 0.4) is 0 Å². The largest absolute Gasteiger partial charge is 0.382 e. The second-order valence-corrected chi connectivity index (χ2v) is 6.94. The summed E-state index contributed by atoms with van der Waals surface area (Å²) in [6.45, 7) is 1.45. The van der Waals surface area contributed by atoms with E-state index >= 15 is 0 Å². The van der Waals surface area contributed by atoms with Gasteiger partial charge in [-0.25, -0.2) is 4.68 Å². The zero-order valence-electron chi connectivity index (χ0n) is 15.5. The molecule has 138 valence electrons. The fraction of sp³-hybridized carbons (Fsp3) is 0.867. The van der Waals surface area contributed by atoms with Crippen molar-refractivity contribution in [2.24, 2.45) is 0 Å². The van der Waals surface area contributed by atoms with Gasteiger partial charge in [-0.1, -0.05) is 5.21 Å². The Morgan fingerprint density at radius 3 is 2.68 bits per heavy atom. The van der Waals surface area contributed by atoms with Gasteiger partial charge in [-0.3, -0.25) is 0 Å². The van der Waals surface area contributed by atoms with E-state index in [0.29, 0.717) is 19.8 Å². The highest BCUT2D eigenvalue weighted by molar-refractivity contribution is 6.11. The highest BCUT2D eigenvalue weighted by Gasteiger charge is 2.35. The van der Waals surface area contributed by atoms with Crippen LogP contribution in [0.5, 0.6) is 0 Å². The van der Waals surface area contributed by atoms with Gasteiger partial charge in [0.1, 0.15) is 33.6 Å². The van der Waals surface area contributed by atoms with E-state index in [0.717, 1.165) is 18.5 Å². The zero-order valence-corrected chi connectivity index (χ0v) is 15.5. The Morgan fingerprint density at radius 2 is 1.92 bits per heavy atom. The fourth-order valence-corrected chi connectivity index (χ4v) is 3.67. The highest BCUT2D eigenvalue weighted by Crippen LogP contribution is 2.29. The Labute approximate surface area is 150 Å². The molecule has 0 radical (unpaired) electrons. The van der Waals surface area contributed by atoms with E-state index in [2.05, 4.69) is 26.0 Å². The van der Waals surface area contributed by atoms with Crippen molar-refractivity contribution in [3.05, 3.63) is 11.9 Å². The molecule has 0 aromatic carbocycles. The lowest BCUT2D eigenvalue weighted by atomic mass is 9.95. The van der Waals surface area contributed by atoms with Crippen LogP contribution in [0, 0.1) is 0 Å². The van der Waals surface area contributed by atoms with Crippen LogP contribution >= 0.6 is 0 Å². The Kier molecular flexibility index (Phi) is 6.51. The quantitative estimate of drug-likeness (QED) is 0.528. The number of hydrogen-bond donors (Lipinski definition) is 0. The Bertz CT molecular complexity index is 549. The maximum absolute atomic E-state index is 5.89. The summed E-state index contributed by atoms with van der Waals surface area (Å²) < 4.78 is 30.1. The van der Waals surface area contributed by atoms with Crippen molar-refractivity contribution in [2.75, 3.05) is 27.4 Å². The van der Waals surface area contributed by atoms with Crippen LogP contribution in [0.4, 0.5) is 0 Å². The summed E-state index contributed by atoms with van der Waals surface area (Å²) in [6, 6.07) is 0.552. The first kappa shape index (κ1) is 18.8. The fourth-order valence-electron chi connectivity index (χ4n) is 3.67. The molecule has 3 heterocycles. The highest BCUT2D eigenvalue weighted by atomic mass is 16.6. The van der Waals surface area contributed by atoms with Crippen molar-refractivity contribution in [3.63, 3.8) is 0 Å². The molecule has 0 N–H and O–H groups in total. The second kappa shape index (κ2) is 8.64. The molecular formula is C15H27B2N3O5. The van der Waals surface area contributed by atoms with Gasteiger partial charge in [-0.15, -0.1) is 5.10 Å². The number of ether oxygens (including phenoxy) is 5. The topological polar surface area (TPSA) is 76.9 Å². The molecule has 10 heteroatoms. The standard InChI is InChI=1S/C15H27B2N3O5/c1-21-7-12-10(3-14(16)24-12)20-5-9(18-19-20)6-23-8-13-11(22-2)4-15(17)25-13/h5,10-15H,3-4,6-8,16-17H2,1-2H3/t10?,11?,12-,13-,14-,15-/m1/s1. The molecule has 1 aromatic heterocycles. The van der Waals surface area contributed by atoms with Gasteiger partial charge in [-0.2, -0.15) is 0 Å². The van der Waals surface area contributed by atoms with E-state index in [1.807, 2.05) is 10.9 Å². The molecule has 2 saturated heterocycles. The molecule has 0 spiro atoms. The third kappa shape index (κ3) is 4.62. The van der Waals surface area contributed by atoms with Crippen molar-refractivity contribution in [1.82, 2.24) is 15.0 Å². The summed E-state index contributed by atoms with van der Waals surface area (Å²) in [5, 5.41) is 8.47. The number of hydrogen-bond acceptors (Lipinski definition) is 7. The van der Waals surface area contributed by atoms with Gasteiger partial charge in [0.15, 0.2) is 0 Å². The van der Waals surface area contributed by atoms with Gasteiger partial charge in [0.2, 0.25) is 0 Å². The molecule has 2 aliphatic rings. The first-order valence-corrected chi connectivity index (χ1v) is 8.91. The van der Waals surface area contributed by atoms with Gasteiger partial charge >= 0.3 is 0 Å². The van der Waals surface area contributed by atoms with Crippen LogP contribution in [-0.2, 0) is 30.3 Å². The van der Waals surface area contributed by atoms with Gasteiger partial charge < -0.3 is 23.7 Å². The first-order chi connectivity index (χ1) is 12.1. The summed E-state index contributed by atoms with van der Waals surface area (Å²) in [6.07, 6.45) is 3.82. The molecule has 2 unspecified atom stereocenters. The molecule has 8 nitrogen and oxygen atoms in total. The van der Waals surface area contributed by atoms with Gasteiger partial charge in [0.25, 0.3) is 0 Å². The van der Waals surface area contributed by atoms with Crippen LogP contribution in [0.1, 0.15) is 24.6 Å². The van der Waals surface area contributed by atoms with Crippen molar-refractivity contribution in [3.8, 4) is 0 Å². The van der Waals surface area contributed by atoms with Crippen molar-refractivity contribution < 1.29 is 23.7 Å². The third-order valence-electron chi connectivity index (χ3n) is 4.86. The predicted octanol–water partition coefficient (Wildman–Crippen LogP) is -1.51. The minimum atomic E-state index is -0.0230. The smallest absolute Gasteiger partial charge is 0.139 e. The SMILES string of the molecule is B[C@H]1CC(OC)[C@@H](COCc2cn(C3C[C@H](B)O[C@@H]3COC)nn2)O1. The Hall–Kier alpha value is -0.930. The van der Waals surface area contributed by atoms with Crippen molar-refractivity contribution in [1.29, 1.82) is 0 Å². The summed E-state index contributed by atoms with van der Waals surface area (Å²) in [7, 11) is 7.52. The molecule has 6 atom stereocenters. The van der Waals surface area contributed by atoms with Crippen molar-refractivity contribution in [2.45, 2.75) is 55.8 Å². The number of rotatable bonds is 8. The minimum absolute atomic E-state index is 0.00584.